The third-order valence-electron chi connectivity index (χ3n) is 9.56. The molecule has 68 heavy (non-hydrogen) atoms. The van der Waals surface area contributed by atoms with Crippen molar-refractivity contribution < 1.29 is 50.7 Å². The maximum absolute atomic E-state index is 13.2. The first-order valence-electron chi connectivity index (χ1n) is 19.8. The number of anilines is 3. The quantitative estimate of drug-likeness (QED) is 0.0654. The molecule has 0 unspecified atom stereocenters. The number of nitrogens with zero attached hydrogens (tertiary/aromatic N) is 3. The number of hydrogen-bond acceptors (Lipinski definition) is 8. The summed E-state index contributed by atoms with van der Waals surface area (Å²) in [6.07, 6.45) is -3.01. The Labute approximate surface area is 395 Å². The van der Waals surface area contributed by atoms with Crippen LogP contribution in [0.3, 0.4) is 0 Å². The maximum Gasteiger partial charge on any atom is 0.419 e. The Balaban J connectivity index is 0.000000192. The van der Waals surface area contributed by atoms with Crippen molar-refractivity contribution in [2.45, 2.75) is 26.6 Å². The number of benzene rings is 6. The molecule has 0 bridgehead atoms. The topological polar surface area (TPSA) is 167 Å². The van der Waals surface area contributed by atoms with Crippen LogP contribution in [0.1, 0.15) is 53.7 Å². The molecule has 0 saturated carbocycles. The number of ether oxygens (including phenoxy) is 2. The van der Waals surface area contributed by atoms with Crippen molar-refractivity contribution in [3.05, 3.63) is 205 Å². The third-order valence-corrected chi connectivity index (χ3v) is 10.3. The molecule has 13 nitrogen and oxygen atoms in total. The SMILES string of the molecule is COc1cccc(NC(=O)c2ccc(F)c(C(F)(F)F)c2)c1.COc1cccc(NC(=O)c2ccc(F)c([N+](=O)[O-])c2)c1.Cc1cnc(C)n1Cc1cccc(NC(=O)c2ccc(Cl)c(Cl)c2)c1. The van der Waals surface area contributed by atoms with Gasteiger partial charge in [-0.2, -0.15) is 17.6 Å². The minimum atomic E-state index is -4.86. The molecule has 1 aromatic heterocycles. The average molecular weight is 978 g/mol. The van der Waals surface area contributed by atoms with Crippen LogP contribution in [0.15, 0.2) is 134 Å². The average Bonchev–Trinajstić information content (AvgIpc) is 3.62. The summed E-state index contributed by atoms with van der Waals surface area (Å²) in [6.45, 7) is 4.70. The number of carbonyl (C=O) groups excluding carboxylic acids is 3. The van der Waals surface area contributed by atoms with Crippen molar-refractivity contribution in [2.24, 2.45) is 0 Å². The number of alkyl halides is 3. The smallest absolute Gasteiger partial charge is 0.419 e. The molecule has 352 valence electrons. The van der Waals surface area contributed by atoms with Gasteiger partial charge in [0.05, 0.1) is 34.8 Å². The molecule has 7 rings (SSSR count). The molecule has 3 amide bonds. The summed E-state index contributed by atoms with van der Waals surface area (Å²) in [5, 5.41) is 19.3. The molecule has 6 aromatic carbocycles. The highest BCUT2D eigenvalue weighted by molar-refractivity contribution is 6.42. The van der Waals surface area contributed by atoms with Crippen LogP contribution >= 0.6 is 23.2 Å². The van der Waals surface area contributed by atoms with Gasteiger partial charge in [-0.1, -0.05) is 47.5 Å². The molecular formula is C48H39Cl2F5N6O7. The molecule has 0 radical (unpaired) electrons. The number of halogens is 7. The fraction of sp³-hybridized carbons (Fsp3) is 0.125. The lowest BCUT2D eigenvalue weighted by atomic mass is 10.1. The lowest BCUT2D eigenvalue weighted by Crippen LogP contribution is -2.15. The molecule has 0 aliphatic heterocycles. The van der Waals surface area contributed by atoms with Crippen molar-refractivity contribution in [3.8, 4) is 11.5 Å². The van der Waals surface area contributed by atoms with Gasteiger partial charge in [0.25, 0.3) is 17.7 Å². The molecule has 20 heteroatoms. The van der Waals surface area contributed by atoms with Crippen LogP contribution in [0, 0.1) is 35.6 Å². The van der Waals surface area contributed by atoms with Crippen LogP contribution in [-0.2, 0) is 12.7 Å². The molecule has 0 saturated heterocycles. The minimum Gasteiger partial charge on any atom is -0.497 e. The van der Waals surface area contributed by atoms with Crippen LogP contribution in [0.2, 0.25) is 10.0 Å². The minimum absolute atomic E-state index is 0.00841. The van der Waals surface area contributed by atoms with Gasteiger partial charge in [0.1, 0.15) is 23.1 Å². The number of hydrogen-bond donors (Lipinski definition) is 3. The summed E-state index contributed by atoms with van der Waals surface area (Å²) in [5.41, 5.74) is 1.65. The molecule has 0 aliphatic carbocycles. The summed E-state index contributed by atoms with van der Waals surface area (Å²) >= 11 is 11.9. The second-order valence-corrected chi connectivity index (χ2v) is 15.1. The first-order chi connectivity index (χ1) is 32.3. The number of carbonyl (C=O) groups is 3. The van der Waals surface area contributed by atoms with E-state index in [0.717, 1.165) is 41.0 Å². The van der Waals surface area contributed by atoms with E-state index in [4.69, 9.17) is 32.7 Å². The second kappa shape index (κ2) is 23.1. The van der Waals surface area contributed by atoms with Crippen molar-refractivity contribution in [1.82, 2.24) is 9.55 Å². The van der Waals surface area contributed by atoms with Crippen molar-refractivity contribution in [2.75, 3.05) is 30.2 Å². The van der Waals surface area contributed by atoms with Gasteiger partial charge in [0.2, 0.25) is 5.82 Å². The normalized spacial score (nSPS) is 10.6. The predicted octanol–water partition coefficient (Wildman–Crippen LogP) is 12.2. The van der Waals surface area contributed by atoms with E-state index in [1.807, 2.05) is 44.3 Å². The molecule has 7 aromatic rings. The van der Waals surface area contributed by atoms with E-state index < -0.39 is 45.8 Å². The summed E-state index contributed by atoms with van der Waals surface area (Å²) in [4.78, 5) is 50.4. The summed E-state index contributed by atoms with van der Waals surface area (Å²) in [5.74, 6) is -2.01. The zero-order chi connectivity index (χ0) is 49.7. The number of nitrogens with one attached hydrogen (secondary N) is 3. The first kappa shape index (κ1) is 51.2. The molecule has 0 atom stereocenters. The van der Waals surface area contributed by atoms with E-state index in [1.165, 1.54) is 26.4 Å². The number of rotatable bonds is 11. The number of nitro groups is 1. The Morgan fingerprint density at radius 2 is 1.15 bits per heavy atom. The fourth-order valence-corrected chi connectivity index (χ4v) is 6.38. The van der Waals surface area contributed by atoms with Crippen molar-refractivity contribution in [3.63, 3.8) is 0 Å². The van der Waals surface area contributed by atoms with E-state index in [9.17, 15) is 46.5 Å². The van der Waals surface area contributed by atoms with E-state index in [0.29, 0.717) is 57.2 Å². The van der Waals surface area contributed by atoms with Crippen LogP contribution < -0.4 is 25.4 Å². The summed E-state index contributed by atoms with van der Waals surface area (Å²) in [7, 11) is 2.93. The Kier molecular flexibility index (Phi) is 17.4. The lowest BCUT2D eigenvalue weighted by molar-refractivity contribution is -0.387. The monoisotopic (exact) mass is 976 g/mol. The molecule has 0 fully saturated rings. The van der Waals surface area contributed by atoms with Gasteiger partial charge in [-0.15, -0.1) is 0 Å². The number of aromatic nitrogens is 2. The largest absolute Gasteiger partial charge is 0.497 e. The highest BCUT2D eigenvalue weighted by atomic mass is 35.5. The molecule has 0 spiro atoms. The highest BCUT2D eigenvalue weighted by Gasteiger charge is 2.34. The Bertz CT molecular complexity index is 2950. The standard InChI is InChI=1S/C19H17Cl2N3O.C15H11F4NO2.C14H11FN2O4/c1-12-10-22-13(2)24(12)11-14-4-3-5-16(8-14)23-19(25)15-6-7-17(20)18(21)9-15;1-22-11-4-2-3-10(8-11)20-14(21)9-5-6-13(16)12(7-9)15(17,18)19;1-21-11-4-2-3-10(8-11)16-14(18)9-5-6-12(15)13(7-9)17(19)20/h3-10H,11H2,1-2H3,(H,23,25);2-8H,1H3,(H,20,21);2-8H,1H3,(H,16,18). The number of imidazole rings is 1. The number of amides is 3. The number of methoxy groups -OCH3 is 2. The zero-order valence-electron chi connectivity index (χ0n) is 36.3. The Morgan fingerprint density at radius 1 is 0.662 bits per heavy atom. The van der Waals surface area contributed by atoms with E-state index >= 15 is 0 Å². The van der Waals surface area contributed by atoms with Gasteiger partial charge < -0.3 is 30.0 Å². The van der Waals surface area contributed by atoms with E-state index in [2.05, 4.69) is 25.5 Å². The van der Waals surface area contributed by atoms with Crippen molar-refractivity contribution >= 4 is 63.7 Å². The number of aryl methyl sites for hydroxylation is 2. The third kappa shape index (κ3) is 14.1. The van der Waals surface area contributed by atoms with E-state index in [1.54, 1.807) is 60.7 Å². The molecular weight excluding hydrogens is 938 g/mol. The predicted molar refractivity (Wildman–Crippen MR) is 248 cm³/mol. The summed E-state index contributed by atoms with van der Waals surface area (Å²) < 4.78 is 76.4. The fourth-order valence-electron chi connectivity index (χ4n) is 6.08. The van der Waals surface area contributed by atoms with Crippen LogP contribution in [-0.4, -0.2) is 46.4 Å². The van der Waals surface area contributed by atoms with Crippen LogP contribution in [0.5, 0.6) is 11.5 Å². The zero-order valence-corrected chi connectivity index (χ0v) is 37.8. The van der Waals surface area contributed by atoms with E-state index in [-0.39, 0.29) is 17.0 Å². The number of nitro benzene ring substituents is 1. The maximum atomic E-state index is 13.2. The first-order valence-corrected chi connectivity index (χ1v) is 20.6. The molecule has 1 heterocycles. The second-order valence-electron chi connectivity index (χ2n) is 14.3. The highest BCUT2D eigenvalue weighted by Crippen LogP contribution is 2.32. The molecule has 0 aliphatic rings. The van der Waals surface area contributed by atoms with Gasteiger partial charge in [0.15, 0.2) is 0 Å². The van der Waals surface area contributed by atoms with Gasteiger partial charge >= 0.3 is 11.9 Å². The Hall–Kier alpha value is -7.83. The summed E-state index contributed by atoms with van der Waals surface area (Å²) in [6, 6.07) is 30.5. The van der Waals surface area contributed by atoms with Crippen LogP contribution in [0.25, 0.3) is 0 Å². The Morgan fingerprint density at radius 3 is 1.63 bits per heavy atom. The van der Waals surface area contributed by atoms with Crippen molar-refractivity contribution in [1.29, 1.82) is 0 Å². The van der Waals surface area contributed by atoms with Gasteiger partial charge in [-0.25, -0.2) is 9.37 Å². The van der Waals surface area contributed by atoms with Gasteiger partial charge in [0, 0.05) is 70.4 Å². The lowest BCUT2D eigenvalue weighted by Gasteiger charge is -2.11. The van der Waals surface area contributed by atoms with Gasteiger partial charge in [-0.05, 0) is 104 Å². The van der Waals surface area contributed by atoms with Crippen LogP contribution in [0.4, 0.5) is 44.7 Å². The molecule has 3 N–H and O–H groups in total. The van der Waals surface area contributed by atoms with Gasteiger partial charge in [-0.3, -0.25) is 24.5 Å².